The molecule has 0 radical (unpaired) electrons. The molecule has 1 aromatic heterocycles. The van der Waals surface area contributed by atoms with Crippen LogP contribution in [0.2, 0.25) is 0 Å². The van der Waals surface area contributed by atoms with Crippen LogP contribution in [0.4, 0.5) is 11.5 Å². The first kappa shape index (κ1) is 14.5. The lowest BCUT2D eigenvalue weighted by Crippen LogP contribution is -2.22. The highest BCUT2D eigenvalue weighted by molar-refractivity contribution is 5.95. The molecular weight excluding hydrogens is 266 g/mol. The largest absolute Gasteiger partial charge is 0.465 e. The first-order valence-electron chi connectivity index (χ1n) is 6.50. The van der Waals surface area contributed by atoms with Crippen molar-refractivity contribution in [3.63, 3.8) is 0 Å². The molecule has 1 heterocycles. The van der Waals surface area contributed by atoms with Gasteiger partial charge < -0.3 is 9.64 Å². The lowest BCUT2D eigenvalue weighted by Gasteiger charge is -2.24. The van der Waals surface area contributed by atoms with Gasteiger partial charge in [-0.25, -0.2) is 9.78 Å². The lowest BCUT2D eigenvalue weighted by atomic mass is 10.2. The van der Waals surface area contributed by atoms with E-state index in [0.717, 1.165) is 5.69 Å². The molecule has 5 nitrogen and oxygen atoms in total. The highest BCUT2D eigenvalue weighted by Crippen LogP contribution is 2.27. The third-order valence-electron chi connectivity index (χ3n) is 2.96. The summed E-state index contributed by atoms with van der Waals surface area (Å²) in [6.45, 7) is 0.446. The normalized spacial score (nSPS) is 9.71. The minimum absolute atomic E-state index is 0.325. The number of anilines is 2. The molecule has 0 amide bonds. The van der Waals surface area contributed by atoms with Crippen molar-refractivity contribution in [1.82, 2.24) is 4.98 Å². The molecule has 0 spiro atoms. The summed E-state index contributed by atoms with van der Waals surface area (Å²) in [5.74, 6) is 0.0433. The van der Waals surface area contributed by atoms with Gasteiger partial charge in [-0.05, 0) is 24.3 Å². The molecule has 0 N–H and O–H groups in total. The number of hydrogen-bond donors (Lipinski definition) is 0. The van der Waals surface area contributed by atoms with Crippen LogP contribution in [0.3, 0.4) is 0 Å². The molecule has 0 saturated heterocycles. The minimum atomic E-state index is -0.448. The summed E-state index contributed by atoms with van der Waals surface area (Å²) < 4.78 is 4.80. The van der Waals surface area contributed by atoms with Gasteiger partial charge in [-0.15, -0.1) is 0 Å². The molecule has 1 aromatic carbocycles. The second kappa shape index (κ2) is 7.06. The summed E-state index contributed by atoms with van der Waals surface area (Å²) in [5, 5.41) is 8.84. The van der Waals surface area contributed by atoms with Gasteiger partial charge in [-0.3, -0.25) is 0 Å². The molecular formula is C16H15N3O2. The molecule has 2 aromatic rings. The van der Waals surface area contributed by atoms with E-state index < -0.39 is 5.97 Å². The van der Waals surface area contributed by atoms with Crippen LogP contribution in [0, 0.1) is 11.3 Å². The van der Waals surface area contributed by atoms with Crippen molar-refractivity contribution in [2.75, 3.05) is 18.6 Å². The molecule has 0 aliphatic carbocycles. The van der Waals surface area contributed by atoms with Crippen LogP contribution < -0.4 is 4.90 Å². The molecule has 0 saturated carbocycles. The number of ether oxygens (including phenoxy) is 1. The second-order valence-corrected chi connectivity index (χ2v) is 4.26. The van der Waals surface area contributed by atoms with Crippen molar-refractivity contribution < 1.29 is 9.53 Å². The van der Waals surface area contributed by atoms with Crippen LogP contribution in [0.5, 0.6) is 0 Å². The van der Waals surface area contributed by atoms with Gasteiger partial charge in [0.05, 0.1) is 19.6 Å². The molecule has 21 heavy (non-hydrogen) atoms. The van der Waals surface area contributed by atoms with E-state index in [9.17, 15) is 4.79 Å². The fraction of sp³-hybridized carbons (Fsp3) is 0.188. The van der Waals surface area contributed by atoms with Crippen molar-refractivity contribution in [1.29, 1.82) is 5.26 Å². The standard InChI is InChI=1S/C16H15N3O2/c1-21-16(20)14-9-5-11-18-15(14)19(12-6-10-17)13-7-3-2-4-8-13/h2-5,7-9,11H,6,12H2,1H3. The number of rotatable bonds is 5. The Balaban J connectivity index is 2.47. The number of nitriles is 1. The van der Waals surface area contributed by atoms with Gasteiger partial charge >= 0.3 is 5.97 Å². The van der Waals surface area contributed by atoms with Gasteiger partial charge in [-0.1, -0.05) is 18.2 Å². The van der Waals surface area contributed by atoms with Crippen molar-refractivity contribution in [3.8, 4) is 6.07 Å². The number of benzene rings is 1. The fourth-order valence-corrected chi connectivity index (χ4v) is 2.01. The molecule has 5 heteroatoms. The van der Waals surface area contributed by atoms with Crippen molar-refractivity contribution in [2.45, 2.75) is 6.42 Å². The number of carbonyl (C=O) groups is 1. The lowest BCUT2D eigenvalue weighted by molar-refractivity contribution is 0.0601. The van der Waals surface area contributed by atoms with E-state index >= 15 is 0 Å². The minimum Gasteiger partial charge on any atom is -0.465 e. The van der Waals surface area contributed by atoms with Gasteiger partial charge in [0.1, 0.15) is 11.4 Å². The first-order chi connectivity index (χ1) is 10.3. The number of pyridine rings is 1. The van der Waals surface area contributed by atoms with Crippen LogP contribution in [-0.2, 0) is 4.74 Å². The van der Waals surface area contributed by atoms with Crippen LogP contribution in [0.1, 0.15) is 16.8 Å². The third-order valence-corrected chi connectivity index (χ3v) is 2.96. The summed E-state index contributed by atoms with van der Waals surface area (Å²) in [4.78, 5) is 18.0. The van der Waals surface area contributed by atoms with E-state index in [1.54, 1.807) is 18.3 Å². The van der Waals surface area contributed by atoms with Crippen LogP contribution in [0.15, 0.2) is 48.7 Å². The molecule has 0 unspecified atom stereocenters. The van der Waals surface area contributed by atoms with E-state index in [1.165, 1.54) is 7.11 Å². The first-order valence-corrected chi connectivity index (χ1v) is 6.50. The zero-order valence-electron chi connectivity index (χ0n) is 11.7. The molecule has 2 rings (SSSR count). The number of carbonyl (C=O) groups excluding carboxylic acids is 1. The smallest absolute Gasteiger partial charge is 0.341 e. The predicted octanol–water partition coefficient (Wildman–Crippen LogP) is 2.92. The Morgan fingerprint density at radius 2 is 2.05 bits per heavy atom. The Morgan fingerprint density at radius 3 is 2.71 bits per heavy atom. The average molecular weight is 281 g/mol. The average Bonchev–Trinajstić information content (AvgIpc) is 2.56. The molecule has 106 valence electrons. The topological polar surface area (TPSA) is 66.2 Å². The van der Waals surface area contributed by atoms with Crippen molar-refractivity contribution in [3.05, 3.63) is 54.2 Å². The maximum absolute atomic E-state index is 11.9. The number of para-hydroxylation sites is 1. The molecule has 0 aliphatic rings. The van der Waals surface area contributed by atoms with Crippen molar-refractivity contribution in [2.24, 2.45) is 0 Å². The third kappa shape index (κ3) is 3.37. The Kier molecular flexibility index (Phi) is 4.89. The number of nitrogens with zero attached hydrogens (tertiary/aromatic N) is 3. The number of aromatic nitrogens is 1. The van der Waals surface area contributed by atoms with Crippen LogP contribution in [-0.4, -0.2) is 24.6 Å². The number of esters is 1. The monoisotopic (exact) mass is 281 g/mol. The Labute approximate surface area is 123 Å². The Hall–Kier alpha value is -2.87. The molecule has 0 fully saturated rings. The summed E-state index contributed by atoms with van der Waals surface area (Å²) in [6, 6.07) is 15.0. The van der Waals surface area contributed by atoms with Gasteiger partial charge in [0.25, 0.3) is 0 Å². The highest BCUT2D eigenvalue weighted by Gasteiger charge is 2.19. The van der Waals surface area contributed by atoms with Gasteiger partial charge in [0.2, 0.25) is 0 Å². The summed E-state index contributed by atoms with van der Waals surface area (Å²) in [5.41, 5.74) is 1.25. The van der Waals surface area contributed by atoms with Gasteiger partial charge in [0.15, 0.2) is 0 Å². The van der Waals surface area contributed by atoms with Crippen molar-refractivity contribution >= 4 is 17.5 Å². The van der Waals surface area contributed by atoms with Gasteiger partial charge in [0, 0.05) is 18.4 Å². The number of hydrogen-bond acceptors (Lipinski definition) is 5. The highest BCUT2D eigenvalue weighted by atomic mass is 16.5. The molecule has 0 aliphatic heterocycles. The van der Waals surface area contributed by atoms with E-state index in [0.29, 0.717) is 24.3 Å². The van der Waals surface area contributed by atoms with E-state index in [4.69, 9.17) is 10.00 Å². The van der Waals surface area contributed by atoms with Crippen LogP contribution in [0.25, 0.3) is 0 Å². The summed E-state index contributed by atoms with van der Waals surface area (Å²) in [7, 11) is 1.33. The SMILES string of the molecule is COC(=O)c1cccnc1N(CCC#N)c1ccccc1. The van der Waals surface area contributed by atoms with E-state index in [-0.39, 0.29) is 0 Å². The summed E-state index contributed by atoms with van der Waals surface area (Å²) >= 11 is 0. The Morgan fingerprint density at radius 1 is 1.29 bits per heavy atom. The quantitative estimate of drug-likeness (QED) is 0.788. The zero-order chi connectivity index (χ0) is 15.1. The number of methoxy groups -OCH3 is 1. The van der Waals surface area contributed by atoms with Gasteiger partial charge in [-0.2, -0.15) is 5.26 Å². The summed E-state index contributed by atoms with van der Waals surface area (Å²) in [6.07, 6.45) is 1.94. The van der Waals surface area contributed by atoms with E-state index in [1.807, 2.05) is 35.2 Å². The maximum atomic E-state index is 11.9. The molecule has 0 atom stereocenters. The Bertz CT molecular complexity index is 650. The fourth-order valence-electron chi connectivity index (χ4n) is 2.01. The second-order valence-electron chi connectivity index (χ2n) is 4.26. The molecule has 0 bridgehead atoms. The maximum Gasteiger partial charge on any atom is 0.341 e. The zero-order valence-corrected chi connectivity index (χ0v) is 11.7. The van der Waals surface area contributed by atoms with Crippen LogP contribution >= 0.6 is 0 Å². The predicted molar refractivity (Wildman–Crippen MR) is 79.3 cm³/mol. The van der Waals surface area contributed by atoms with E-state index in [2.05, 4.69) is 11.1 Å².